The maximum atomic E-state index is 14.2. The number of carbonyl (C=O) groups excluding carboxylic acids is 1. The van der Waals surface area contributed by atoms with Crippen LogP contribution in [-0.2, 0) is 4.74 Å². The Labute approximate surface area is 182 Å². The normalized spacial score (nSPS) is 17.1. The highest BCUT2D eigenvalue weighted by Gasteiger charge is 2.34. The van der Waals surface area contributed by atoms with Crippen molar-refractivity contribution in [3.63, 3.8) is 0 Å². The molecule has 0 fully saturated rings. The number of hydrogen-bond donors (Lipinski definition) is 0. The van der Waals surface area contributed by atoms with Crippen LogP contribution in [0.3, 0.4) is 0 Å². The van der Waals surface area contributed by atoms with E-state index in [0.717, 1.165) is 15.4 Å². The standard InChI is InChI=1S/C24H18FNO4S/c1-2-5-19-18-6-3-4-7-21(18)31-22-13-10-16(25)14-20(22)23(19)30-24(27)15-8-11-17(12-9-15)26(28)29/h2-4,6-14,19,23H,1,5H2/t19-,23-/m0/s1. The molecule has 0 bridgehead atoms. The summed E-state index contributed by atoms with van der Waals surface area (Å²) in [6.07, 6.45) is 1.53. The number of benzene rings is 3. The molecule has 31 heavy (non-hydrogen) atoms. The van der Waals surface area contributed by atoms with Crippen LogP contribution in [-0.4, -0.2) is 10.9 Å². The zero-order chi connectivity index (χ0) is 22.0. The third kappa shape index (κ3) is 4.22. The molecule has 0 spiro atoms. The number of ether oxygens (including phenoxy) is 1. The van der Waals surface area contributed by atoms with Gasteiger partial charge in [-0.15, -0.1) is 6.58 Å². The van der Waals surface area contributed by atoms with Crippen molar-refractivity contribution in [2.24, 2.45) is 0 Å². The number of nitro benzene ring substituents is 1. The second kappa shape index (κ2) is 8.73. The van der Waals surface area contributed by atoms with Gasteiger partial charge in [-0.25, -0.2) is 9.18 Å². The number of fused-ring (bicyclic) bond motifs is 2. The summed E-state index contributed by atoms with van der Waals surface area (Å²) in [4.78, 5) is 25.1. The molecule has 4 rings (SSSR count). The molecule has 0 saturated heterocycles. The maximum Gasteiger partial charge on any atom is 0.338 e. The molecular formula is C24H18FNO4S. The first-order chi connectivity index (χ1) is 15.0. The van der Waals surface area contributed by atoms with Gasteiger partial charge in [0.05, 0.1) is 10.5 Å². The molecule has 0 aliphatic carbocycles. The summed E-state index contributed by atoms with van der Waals surface area (Å²) >= 11 is 1.51. The lowest BCUT2D eigenvalue weighted by atomic mass is 9.86. The Hall–Kier alpha value is -3.45. The Bertz CT molecular complexity index is 1160. The van der Waals surface area contributed by atoms with Gasteiger partial charge in [-0.1, -0.05) is 36.0 Å². The average molecular weight is 435 g/mol. The summed E-state index contributed by atoms with van der Waals surface area (Å²) in [5.41, 5.74) is 1.65. The van der Waals surface area contributed by atoms with Crippen LogP contribution in [0.25, 0.3) is 0 Å². The van der Waals surface area contributed by atoms with E-state index < -0.39 is 22.8 Å². The van der Waals surface area contributed by atoms with E-state index in [1.165, 1.54) is 48.2 Å². The number of esters is 1. The molecule has 0 aromatic heterocycles. The van der Waals surface area contributed by atoms with E-state index in [-0.39, 0.29) is 17.2 Å². The van der Waals surface area contributed by atoms with Crippen LogP contribution < -0.4 is 0 Å². The minimum Gasteiger partial charge on any atom is -0.453 e. The van der Waals surface area contributed by atoms with E-state index >= 15 is 0 Å². The Morgan fingerprint density at radius 3 is 2.52 bits per heavy atom. The molecule has 0 unspecified atom stereocenters. The molecule has 3 aromatic rings. The Morgan fingerprint density at radius 1 is 1.10 bits per heavy atom. The topological polar surface area (TPSA) is 69.4 Å². The quantitative estimate of drug-likeness (QED) is 0.199. The molecular weight excluding hydrogens is 417 g/mol. The number of hydrogen-bond acceptors (Lipinski definition) is 5. The molecule has 3 aromatic carbocycles. The van der Waals surface area contributed by atoms with Crippen molar-refractivity contribution in [3.8, 4) is 0 Å². The van der Waals surface area contributed by atoms with Crippen molar-refractivity contribution < 1.29 is 18.8 Å². The number of halogens is 1. The molecule has 0 N–H and O–H groups in total. The van der Waals surface area contributed by atoms with Gasteiger partial charge in [0.1, 0.15) is 11.9 Å². The maximum absolute atomic E-state index is 14.2. The lowest BCUT2D eigenvalue weighted by Crippen LogP contribution is -2.19. The highest BCUT2D eigenvalue weighted by Crippen LogP contribution is 2.49. The van der Waals surface area contributed by atoms with Crippen molar-refractivity contribution in [1.29, 1.82) is 0 Å². The first-order valence-electron chi connectivity index (χ1n) is 9.60. The van der Waals surface area contributed by atoms with Gasteiger partial charge in [0, 0.05) is 33.4 Å². The van der Waals surface area contributed by atoms with Crippen molar-refractivity contribution in [2.75, 3.05) is 0 Å². The van der Waals surface area contributed by atoms with Crippen LogP contribution in [0.15, 0.2) is 89.2 Å². The number of nitro groups is 1. The second-order valence-electron chi connectivity index (χ2n) is 7.08. The molecule has 0 amide bonds. The van der Waals surface area contributed by atoms with E-state index in [9.17, 15) is 19.3 Å². The lowest BCUT2D eigenvalue weighted by molar-refractivity contribution is -0.384. The summed E-state index contributed by atoms with van der Waals surface area (Å²) in [6, 6.07) is 17.5. The first-order valence-corrected chi connectivity index (χ1v) is 10.4. The molecule has 1 aliphatic heterocycles. The van der Waals surface area contributed by atoms with Gasteiger partial charge in [-0.2, -0.15) is 0 Å². The largest absolute Gasteiger partial charge is 0.453 e. The Balaban J connectivity index is 1.77. The molecule has 0 radical (unpaired) electrons. The SMILES string of the molecule is C=CC[C@H]1c2ccccc2Sc2ccc(F)cc2[C@H]1OC(=O)c1ccc([N+](=O)[O-])cc1. The van der Waals surface area contributed by atoms with Crippen LogP contribution in [0.1, 0.15) is 39.9 Å². The number of allylic oxidation sites excluding steroid dienone is 1. The van der Waals surface area contributed by atoms with Crippen LogP contribution in [0.4, 0.5) is 10.1 Å². The van der Waals surface area contributed by atoms with Crippen molar-refractivity contribution in [1.82, 2.24) is 0 Å². The molecule has 0 saturated carbocycles. The molecule has 156 valence electrons. The highest BCUT2D eigenvalue weighted by atomic mass is 32.2. The van der Waals surface area contributed by atoms with Gasteiger partial charge in [0.25, 0.3) is 5.69 Å². The fourth-order valence-electron chi connectivity index (χ4n) is 3.69. The van der Waals surface area contributed by atoms with Crippen molar-refractivity contribution in [3.05, 3.63) is 112 Å². The molecule has 1 aliphatic rings. The molecule has 2 atom stereocenters. The smallest absolute Gasteiger partial charge is 0.338 e. The third-order valence-electron chi connectivity index (χ3n) is 5.15. The minimum absolute atomic E-state index is 0.117. The zero-order valence-corrected chi connectivity index (χ0v) is 17.2. The van der Waals surface area contributed by atoms with Gasteiger partial charge >= 0.3 is 5.97 Å². The molecule has 1 heterocycles. The van der Waals surface area contributed by atoms with Crippen molar-refractivity contribution >= 4 is 23.4 Å². The van der Waals surface area contributed by atoms with Crippen LogP contribution in [0.5, 0.6) is 0 Å². The number of nitrogens with zero attached hydrogens (tertiary/aromatic N) is 1. The monoisotopic (exact) mass is 435 g/mol. The predicted molar refractivity (Wildman–Crippen MR) is 116 cm³/mol. The number of carbonyl (C=O) groups is 1. The van der Waals surface area contributed by atoms with Gasteiger partial charge in [-0.05, 0) is 48.4 Å². The Kier molecular flexibility index (Phi) is 5.86. The summed E-state index contributed by atoms with van der Waals surface area (Å²) in [5.74, 6) is -1.31. The van der Waals surface area contributed by atoms with E-state index in [0.29, 0.717) is 12.0 Å². The van der Waals surface area contributed by atoms with Gasteiger partial charge in [0.15, 0.2) is 0 Å². The molecule has 7 heteroatoms. The van der Waals surface area contributed by atoms with E-state index in [1.807, 2.05) is 24.3 Å². The predicted octanol–water partition coefficient (Wildman–Crippen LogP) is 6.46. The van der Waals surface area contributed by atoms with E-state index in [4.69, 9.17) is 4.74 Å². The van der Waals surface area contributed by atoms with Crippen LogP contribution >= 0.6 is 11.8 Å². The summed E-state index contributed by atoms with van der Waals surface area (Å²) < 4.78 is 20.1. The zero-order valence-electron chi connectivity index (χ0n) is 16.4. The third-order valence-corrected chi connectivity index (χ3v) is 6.33. The number of non-ortho nitro benzene ring substituents is 1. The molecule has 5 nitrogen and oxygen atoms in total. The summed E-state index contributed by atoms with van der Waals surface area (Å²) in [5, 5.41) is 10.9. The minimum atomic E-state index is -0.748. The summed E-state index contributed by atoms with van der Waals surface area (Å²) in [6.45, 7) is 3.84. The fourth-order valence-corrected chi connectivity index (χ4v) is 4.84. The van der Waals surface area contributed by atoms with Gasteiger partial charge in [0.2, 0.25) is 0 Å². The first kappa shape index (κ1) is 20.8. The lowest BCUT2D eigenvalue weighted by Gasteiger charge is -2.27. The fraction of sp³-hybridized carbons (Fsp3) is 0.125. The van der Waals surface area contributed by atoms with Crippen molar-refractivity contribution in [2.45, 2.75) is 28.2 Å². The van der Waals surface area contributed by atoms with Gasteiger partial charge < -0.3 is 4.74 Å². The second-order valence-corrected chi connectivity index (χ2v) is 8.17. The van der Waals surface area contributed by atoms with Crippen LogP contribution in [0, 0.1) is 15.9 Å². The number of rotatable bonds is 5. The van der Waals surface area contributed by atoms with E-state index in [1.54, 1.807) is 12.1 Å². The summed E-state index contributed by atoms with van der Waals surface area (Å²) in [7, 11) is 0. The van der Waals surface area contributed by atoms with Gasteiger partial charge in [-0.3, -0.25) is 10.1 Å². The van der Waals surface area contributed by atoms with Crippen LogP contribution in [0.2, 0.25) is 0 Å². The average Bonchev–Trinajstić information content (AvgIpc) is 2.89. The highest BCUT2D eigenvalue weighted by molar-refractivity contribution is 7.99. The van der Waals surface area contributed by atoms with E-state index in [2.05, 4.69) is 6.58 Å². The Morgan fingerprint density at radius 2 is 1.81 bits per heavy atom.